The summed E-state index contributed by atoms with van der Waals surface area (Å²) < 4.78 is 5.48. The molecule has 2 fully saturated rings. The molecule has 5 rings (SSSR count). The van der Waals surface area contributed by atoms with E-state index in [0.29, 0.717) is 24.3 Å². The molecule has 0 amide bonds. The number of aliphatic hydroxyl groups excluding tert-OH is 1. The Labute approximate surface area is 176 Å². The number of aliphatic hydroxyl groups is 1. The monoisotopic (exact) mass is 407 g/mol. The van der Waals surface area contributed by atoms with E-state index < -0.39 is 6.10 Å². The lowest BCUT2D eigenvalue weighted by Gasteiger charge is -2.39. The van der Waals surface area contributed by atoms with Gasteiger partial charge < -0.3 is 19.8 Å². The zero-order valence-corrected chi connectivity index (χ0v) is 17.4. The highest BCUT2D eigenvalue weighted by Gasteiger charge is 2.32. The van der Waals surface area contributed by atoms with Gasteiger partial charge >= 0.3 is 0 Å². The minimum absolute atomic E-state index is 0.138. The number of aryl methyl sites for hydroxylation is 1. The third kappa shape index (κ3) is 3.91. The average Bonchev–Trinajstić information content (AvgIpc) is 3.21. The van der Waals surface area contributed by atoms with Gasteiger partial charge in [-0.3, -0.25) is 0 Å². The maximum atomic E-state index is 10.9. The van der Waals surface area contributed by atoms with Crippen LogP contribution in [-0.4, -0.2) is 51.5 Å². The first-order valence-corrected chi connectivity index (χ1v) is 11.1. The Balaban J connectivity index is 1.41. The quantitative estimate of drug-likeness (QED) is 0.685. The summed E-state index contributed by atoms with van der Waals surface area (Å²) in [6.45, 7) is 3.18. The van der Waals surface area contributed by atoms with Gasteiger partial charge in [-0.25, -0.2) is 4.98 Å². The maximum absolute atomic E-state index is 10.9. The van der Waals surface area contributed by atoms with Crippen molar-refractivity contribution in [2.45, 2.75) is 63.6 Å². The van der Waals surface area contributed by atoms with Gasteiger partial charge in [-0.1, -0.05) is 42.6 Å². The number of para-hydroxylation sites is 1. The van der Waals surface area contributed by atoms with Crippen molar-refractivity contribution >= 4 is 16.7 Å². The molecule has 3 aromatic rings. The highest BCUT2D eigenvalue weighted by molar-refractivity contribution is 5.87. The Kier molecular flexibility index (Phi) is 5.39. The van der Waals surface area contributed by atoms with Crippen LogP contribution >= 0.6 is 0 Å². The molecule has 1 aliphatic heterocycles. The largest absolute Gasteiger partial charge is 0.390 e. The first kappa shape index (κ1) is 19.5. The highest BCUT2D eigenvalue weighted by atomic mass is 16.5. The normalized spacial score (nSPS) is 23.2. The van der Waals surface area contributed by atoms with E-state index in [-0.39, 0.29) is 6.04 Å². The van der Waals surface area contributed by atoms with Gasteiger partial charge in [0.25, 0.3) is 5.89 Å². The first-order valence-electron chi connectivity index (χ1n) is 11.1. The van der Waals surface area contributed by atoms with Crippen LogP contribution in [0.4, 0.5) is 5.82 Å². The lowest BCUT2D eigenvalue weighted by atomic mass is 9.92. The number of fused-ring (bicyclic) bond motifs is 1. The topological polar surface area (TPSA) is 87.3 Å². The molecular formula is C23H29N5O2. The zero-order chi connectivity index (χ0) is 20.5. The molecule has 1 saturated heterocycles. The fourth-order valence-corrected chi connectivity index (χ4v) is 4.80. The number of pyridine rings is 1. The van der Waals surface area contributed by atoms with E-state index in [0.717, 1.165) is 35.2 Å². The van der Waals surface area contributed by atoms with Crippen molar-refractivity contribution in [2.24, 2.45) is 0 Å². The molecule has 1 unspecified atom stereocenters. The lowest BCUT2D eigenvalue weighted by Crippen LogP contribution is -2.55. The van der Waals surface area contributed by atoms with Crippen LogP contribution in [0.25, 0.3) is 22.4 Å². The fourth-order valence-electron chi connectivity index (χ4n) is 4.80. The molecule has 7 nitrogen and oxygen atoms in total. The molecule has 7 heteroatoms. The number of benzene rings is 1. The Bertz CT molecular complexity index is 1010. The van der Waals surface area contributed by atoms with Gasteiger partial charge in [-0.15, -0.1) is 0 Å². The molecule has 3 heterocycles. The summed E-state index contributed by atoms with van der Waals surface area (Å²) in [5.74, 6) is 1.87. The van der Waals surface area contributed by atoms with E-state index in [2.05, 4.69) is 26.4 Å². The number of piperidine rings is 1. The van der Waals surface area contributed by atoms with E-state index in [1.165, 1.54) is 32.1 Å². The second kappa shape index (κ2) is 8.32. The highest BCUT2D eigenvalue weighted by Crippen LogP contribution is 2.33. The van der Waals surface area contributed by atoms with Gasteiger partial charge in [-0.05, 0) is 38.3 Å². The molecule has 1 aliphatic carbocycles. The second-order valence-electron chi connectivity index (χ2n) is 8.61. The predicted molar refractivity (Wildman–Crippen MR) is 116 cm³/mol. The van der Waals surface area contributed by atoms with Crippen LogP contribution < -0.4 is 10.2 Å². The van der Waals surface area contributed by atoms with Crippen molar-refractivity contribution in [1.82, 2.24) is 20.4 Å². The van der Waals surface area contributed by atoms with Crippen LogP contribution in [0.5, 0.6) is 0 Å². The van der Waals surface area contributed by atoms with Crippen LogP contribution in [0.3, 0.4) is 0 Å². The SMILES string of the molecule is Cc1noc(-c2cc3ccccc3nc2N2CCC(NC3CCCCC3)[C@H](O)C2)n1. The summed E-state index contributed by atoms with van der Waals surface area (Å²) in [6, 6.07) is 10.8. The molecule has 2 aromatic heterocycles. The molecule has 2 N–H and O–H groups in total. The zero-order valence-electron chi connectivity index (χ0n) is 17.4. The van der Waals surface area contributed by atoms with Crippen molar-refractivity contribution in [2.75, 3.05) is 18.0 Å². The smallest absolute Gasteiger partial charge is 0.261 e. The van der Waals surface area contributed by atoms with Crippen LogP contribution in [-0.2, 0) is 0 Å². The number of β-amino-alcohol motifs (C(OH)–C–C–N with tert-alkyl or cyclic N) is 1. The number of nitrogens with one attached hydrogen (secondary N) is 1. The average molecular weight is 408 g/mol. The number of aromatic nitrogens is 3. The number of hydrogen-bond donors (Lipinski definition) is 2. The van der Waals surface area contributed by atoms with Gasteiger partial charge in [0.15, 0.2) is 5.82 Å². The first-order chi connectivity index (χ1) is 14.7. The van der Waals surface area contributed by atoms with E-state index >= 15 is 0 Å². The number of hydrogen-bond acceptors (Lipinski definition) is 7. The van der Waals surface area contributed by atoms with Crippen LogP contribution in [0.15, 0.2) is 34.9 Å². The maximum Gasteiger partial charge on any atom is 0.261 e. The summed E-state index contributed by atoms with van der Waals surface area (Å²) >= 11 is 0. The summed E-state index contributed by atoms with van der Waals surface area (Å²) in [6.07, 6.45) is 6.81. The van der Waals surface area contributed by atoms with E-state index in [1.54, 1.807) is 0 Å². The molecule has 0 radical (unpaired) electrons. The molecule has 1 aromatic carbocycles. The van der Waals surface area contributed by atoms with Gasteiger partial charge in [0.2, 0.25) is 0 Å². The van der Waals surface area contributed by atoms with Gasteiger partial charge in [0.05, 0.1) is 17.2 Å². The number of nitrogens with zero attached hydrogens (tertiary/aromatic N) is 4. The summed E-state index contributed by atoms with van der Waals surface area (Å²) in [5.41, 5.74) is 1.74. The van der Waals surface area contributed by atoms with Crippen molar-refractivity contribution in [3.63, 3.8) is 0 Å². The molecule has 1 saturated carbocycles. The summed E-state index contributed by atoms with van der Waals surface area (Å²) in [5, 5.41) is 19.6. The third-order valence-electron chi connectivity index (χ3n) is 6.40. The number of rotatable bonds is 4. The van der Waals surface area contributed by atoms with Crippen molar-refractivity contribution < 1.29 is 9.63 Å². The third-order valence-corrected chi connectivity index (χ3v) is 6.40. The summed E-state index contributed by atoms with van der Waals surface area (Å²) in [7, 11) is 0. The predicted octanol–water partition coefficient (Wildman–Crippen LogP) is 3.46. The Hall–Kier alpha value is -2.51. The minimum Gasteiger partial charge on any atom is -0.390 e. The molecule has 2 atom stereocenters. The number of anilines is 1. The molecule has 30 heavy (non-hydrogen) atoms. The van der Waals surface area contributed by atoms with Gasteiger partial charge in [0, 0.05) is 30.6 Å². The molecule has 0 bridgehead atoms. The summed E-state index contributed by atoms with van der Waals surface area (Å²) in [4.78, 5) is 11.5. The van der Waals surface area contributed by atoms with E-state index in [4.69, 9.17) is 9.51 Å². The Morgan fingerprint density at radius 1 is 1.10 bits per heavy atom. The van der Waals surface area contributed by atoms with Gasteiger partial charge in [-0.2, -0.15) is 4.98 Å². The lowest BCUT2D eigenvalue weighted by molar-refractivity contribution is 0.103. The molecule has 158 valence electrons. The minimum atomic E-state index is -0.439. The van der Waals surface area contributed by atoms with E-state index in [1.807, 2.05) is 31.2 Å². The molecule has 0 spiro atoms. The second-order valence-corrected chi connectivity index (χ2v) is 8.61. The molecular weight excluding hydrogens is 378 g/mol. The van der Waals surface area contributed by atoms with Crippen molar-refractivity contribution in [1.29, 1.82) is 0 Å². The van der Waals surface area contributed by atoms with Crippen LogP contribution in [0.1, 0.15) is 44.3 Å². The van der Waals surface area contributed by atoms with Crippen molar-refractivity contribution in [3.05, 3.63) is 36.2 Å². The molecule has 2 aliphatic rings. The Morgan fingerprint density at radius 2 is 1.93 bits per heavy atom. The van der Waals surface area contributed by atoms with Gasteiger partial charge in [0.1, 0.15) is 5.82 Å². The van der Waals surface area contributed by atoms with Crippen LogP contribution in [0.2, 0.25) is 0 Å². The standard InChI is InChI=1S/C23H29N5O2/c1-15-24-23(30-27-15)18-13-16-7-5-6-10-19(16)26-22(18)28-12-11-20(21(29)14-28)25-17-8-3-2-4-9-17/h5-7,10,13,17,20-21,25,29H,2-4,8-9,11-12,14H2,1H3/t20?,21-/m1/s1. The van der Waals surface area contributed by atoms with Crippen LogP contribution in [0, 0.1) is 6.92 Å². The Morgan fingerprint density at radius 3 is 2.70 bits per heavy atom. The van der Waals surface area contributed by atoms with Crippen molar-refractivity contribution in [3.8, 4) is 11.5 Å². The fraction of sp³-hybridized carbons (Fsp3) is 0.522. The van der Waals surface area contributed by atoms with E-state index in [9.17, 15) is 5.11 Å².